The SMILES string of the molecule is CN[N+](O)(OC)ON(C)[NH-]. The van der Waals surface area contributed by atoms with Gasteiger partial charge in [0.2, 0.25) is 0 Å². The predicted octanol–water partition coefficient (Wildman–Crippen LogP) is -0.366. The molecule has 0 saturated carbocycles. The Morgan fingerprint density at radius 1 is 1.70 bits per heavy atom. The van der Waals surface area contributed by atoms with Crippen LogP contribution in [0.1, 0.15) is 0 Å². The molecule has 0 aliphatic rings. The summed E-state index contributed by atoms with van der Waals surface area (Å²) >= 11 is 0. The molecular weight excluding hydrogens is 140 g/mol. The topological polar surface area (TPSA) is 77.8 Å². The maximum atomic E-state index is 9.02. The summed E-state index contributed by atoms with van der Waals surface area (Å²) in [7, 11) is 3.92. The second-order valence-corrected chi connectivity index (χ2v) is 1.51. The lowest BCUT2D eigenvalue weighted by Gasteiger charge is -2.25. The van der Waals surface area contributed by atoms with Gasteiger partial charge in [-0.15, -0.1) is 10.0 Å². The summed E-state index contributed by atoms with van der Waals surface area (Å²) in [5, 5.41) is 8.28. The Labute approximate surface area is 58.9 Å². The zero-order valence-corrected chi connectivity index (χ0v) is 6.16. The van der Waals surface area contributed by atoms with Gasteiger partial charge in [0.15, 0.2) is 5.08 Å². The van der Waals surface area contributed by atoms with Crippen LogP contribution in [-0.2, 0) is 9.78 Å². The fourth-order valence-electron chi connectivity index (χ4n) is 0.331. The molecule has 1 atom stereocenters. The van der Waals surface area contributed by atoms with Crippen LogP contribution in [0.4, 0.5) is 0 Å². The Hall–Kier alpha value is -0.280. The van der Waals surface area contributed by atoms with E-state index < -0.39 is 5.08 Å². The van der Waals surface area contributed by atoms with Crippen molar-refractivity contribution in [2.24, 2.45) is 0 Å². The second-order valence-electron chi connectivity index (χ2n) is 1.51. The van der Waals surface area contributed by atoms with Crippen molar-refractivity contribution in [3.05, 3.63) is 5.84 Å². The highest BCUT2D eigenvalue weighted by Gasteiger charge is 2.26. The number of rotatable bonds is 4. The van der Waals surface area contributed by atoms with E-state index in [1.165, 1.54) is 21.2 Å². The molecule has 0 aromatic rings. The van der Waals surface area contributed by atoms with Crippen LogP contribution in [0.15, 0.2) is 0 Å². The van der Waals surface area contributed by atoms with E-state index in [1.54, 1.807) is 0 Å². The first kappa shape index (κ1) is 9.72. The van der Waals surface area contributed by atoms with Gasteiger partial charge in [-0.05, 0) is 12.0 Å². The first-order valence-electron chi connectivity index (χ1n) is 2.55. The number of hydrogen-bond acceptors (Lipinski definition) is 5. The minimum Gasteiger partial charge on any atom is -0.579 e. The van der Waals surface area contributed by atoms with Crippen LogP contribution < -0.4 is 5.43 Å². The molecule has 1 unspecified atom stereocenters. The second kappa shape index (κ2) is 3.78. The van der Waals surface area contributed by atoms with E-state index in [4.69, 9.17) is 11.0 Å². The van der Waals surface area contributed by atoms with Crippen molar-refractivity contribution < 1.29 is 20.1 Å². The maximum absolute atomic E-state index is 9.02. The minimum atomic E-state index is -1.29. The summed E-state index contributed by atoms with van der Waals surface area (Å²) in [4.78, 5) is 8.79. The third-order valence-corrected chi connectivity index (χ3v) is 0.763. The summed E-state index contributed by atoms with van der Waals surface area (Å²) in [5.74, 6) is 6.76. The molecule has 62 valence electrons. The van der Waals surface area contributed by atoms with Gasteiger partial charge in [-0.2, -0.15) is 0 Å². The largest absolute Gasteiger partial charge is 0.579 e. The number of quaternary nitrogens is 1. The van der Waals surface area contributed by atoms with Crippen LogP contribution >= 0.6 is 0 Å². The first-order valence-corrected chi connectivity index (χ1v) is 2.55. The highest BCUT2D eigenvalue weighted by atomic mass is 17.2. The van der Waals surface area contributed by atoms with E-state index in [1.807, 2.05) is 0 Å². The summed E-state index contributed by atoms with van der Waals surface area (Å²) in [5.41, 5.74) is 2.25. The average Bonchev–Trinajstić information content (AvgIpc) is 1.87. The molecule has 0 aromatic carbocycles. The molecule has 0 aromatic heterocycles. The fraction of sp³-hybridized carbons (Fsp3) is 1.00. The summed E-state index contributed by atoms with van der Waals surface area (Å²) < 4.78 is 0. The normalized spacial score (nSPS) is 17.4. The molecule has 0 aliphatic heterocycles. The van der Waals surface area contributed by atoms with Gasteiger partial charge in [0.1, 0.15) is 7.11 Å². The van der Waals surface area contributed by atoms with Gasteiger partial charge < -0.3 is 5.84 Å². The Morgan fingerprint density at radius 2 is 2.20 bits per heavy atom. The van der Waals surface area contributed by atoms with Crippen molar-refractivity contribution in [1.82, 2.24) is 10.6 Å². The molecule has 0 spiro atoms. The van der Waals surface area contributed by atoms with E-state index in [0.29, 0.717) is 5.17 Å². The Kier molecular flexibility index (Phi) is 3.68. The van der Waals surface area contributed by atoms with Crippen molar-refractivity contribution in [3.63, 3.8) is 0 Å². The predicted molar refractivity (Wildman–Crippen MR) is 31.3 cm³/mol. The van der Waals surface area contributed by atoms with Crippen LogP contribution in [-0.4, -0.2) is 36.7 Å². The van der Waals surface area contributed by atoms with Gasteiger partial charge in [0, 0.05) is 7.05 Å². The molecule has 3 N–H and O–H groups in total. The highest BCUT2D eigenvalue weighted by molar-refractivity contribution is 4.17. The zero-order valence-electron chi connectivity index (χ0n) is 6.16. The van der Waals surface area contributed by atoms with E-state index in [0.717, 1.165) is 0 Å². The van der Waals surface area contributed by atoms with Gasteiger partial charge >= 0.3 is 0 Å². The monoisotopic (exact) mass is 152 g/mol. The average molecular weight is 152 g/mol. The standard InChI is InChI=1S/C3H12N4O3/c1-5-7(8,9-3)10-6(2)4/h4-5,8H,1-3H3. The molecule has 0 rings (SSSR count). The molecule has 0 radical (unpaired) electrons. The van der Waals surface area contributed by atoms with Crippen molar-refractivity contribution in [1.29, 1.82) is 0 Å². The van der Waals surface area contributed by atoms with Crippen molar-refractivity contribution in [3.8, 4) is 0 Å². The van der Waals surface area contributed by atoms with Gasteiger partial charge in [0.05, 0.1) is 0 Å². The smallest absolute Gasteiger partial charge is 0.190 e. The van der Waals surface area contributed by atoms with Crippen LogP contribution in [0.25, 0.3) is 5.84 Å². The lowest BCUT2D eigenvalue weighted by molar-refractivity contribution is -1.40. The van der Waals surface area contributed by atoms with Gasteiger partial charge in [-0.3, -0.25) is 0 Å². The number of hydroxylamine groups is 1. The van der Waals surface area contributed by atoms with Crippen LogP contribution in [0.3, 0.4) is 0 Å². The molecular formula is C3H12N4O3. The van der Waals surface area contributed by atoms with E-state index in [2.05, 4.69) is 15.2 Å². The van der Waals surface area contributed by atoms with Crippen LogP contribution in [0.5, 0.6) is 0 Å². The van der Waals surface area contributed by atoms with Crippen LogP contribution in [0, 0.1) is 0 Å². The van der Waals surface area contributed by atoms with Gasteiger partial charge in [-0.1, -0.05) is 5.43 Å². The zero-order chi connectivity index (χ0) is 8.20. The Morgan fingerprint density at radius 3 is 2.30 bits per heavy atom. The molecule has 10 heavy (non-hydrogen) atoms. The lowest BCUT2D eigenvalue weighted by Crippen LogP contribution is -2.54. The third-order valence-electron chi connectivity index (χ3n) is 0.763. The van der Waals surface area contributed by atoms with Gasteiger partial charge in [-0.25, -0.2) is 5.17 Å². The fourth-order valence-corrected chi connectivity index (χ4v) is 0.331. The molecule has 0 aliphatic carbocycles. The Bertz CT molecular complexity index is 93.7. The number of nitrogens with one attached hydrogen (secondary N) is 2. The molecule has 0 fully saturated rings. The van der Waals surface area contributed by atoms with E-state index >= 15 is 0 Å². The quantitative estimate of drug-likeness (QED) is 0.424. The molecule has 0 bridgehead atoms. The minimum absolute atomic E-state index is 0.556. The molecule has 0 amide bonds. The summed E-state index contributed by atoms with van der Waals surface area (Å²) in [6, 6.07) is 0. The lowest BCUT2D eigenvalue weighted by atomic mass is 11.5. The van der Waals surface area contributed by atoms with E-state index in [9.17, 15) is 0 Å². The summed E-state index contributed by atoms with van der Waals surface area (Å²) in [6.45, 7) is 0. The maximum Gasteiger partial charge on any atom is 0.190 e. The molecule has 7 nitrogen and oxygen atoms in total. The molecule has 0 heterocycles. The number of hydrogen-bond donors (Lipinski definition) is 2. The van der Waals surface area contributed by atoms with Crippen molar-refractivity contribution >= 4 is 0 Å². The first-order chi connectivity index (χ1) is 4.54. The van der Waals surface area contributed by atoms with E-state index in [-0.39, 0.29) is 0 Å². The van der Waals surface area contributed by atoms with Crippen LogP contribution in [0.2, 0.25) is 0 Å². The molecule has 0 saturated heterocycles. The number of nitrogens with zero attached hydrogens (tertiary/aromatic N) is 2. The highest BCUT2D eigenvalue weighted by Crippen LogP contribution is 1.98. The van der Waals surface area contributed by atoms with Crippen molar-refractivity contribution in [2.75, 3.05) is 21.2 Å². The van der Waals surface area contributed by atoms with Gasteiger partial charge in [0.25, 0.3) is 0 Å². The molecule has 7 heteroatoms. The Balaban J connectivity index is 3.80. The summed E-state index contributed by atoms with van der Waals surface area (Å²) in [6.07, 6.45) is 0. The van der Waals surface area contributed by atoms with Crippen molar-refractivity contribution in [2.45, 2.75) is 0 Å². The third kappa shape index (κ3) is 3.03.